The Morgan fingerprint density at radius 2 is 0.797 bits per heavy atom. The predicted octanol–water partition coefficient (Wildman–Crippen LogP) is -11.3. The molecule has 0 spiro atoms. The highest BCUT2D eigenvalue weighted by atomic mass is 16.8. The fraction of sp³-hybridized carbons (Fsp3) is 1.00. The fourth-order valence-corrected chi connectivity index (χ4v) is 9.22. The quantitative estimate of drug-likeness (QED) is 0.0644. The summed E-state index contributed by atoms with van der Waals surface area (Å²) in [6, 6.07) is 0. The zero-order chi connectivity index (χ0) is 45.9. The molecule has 0 aromatic heterocycles. The first-order valence-corrected chi connectivity index (χ1v) is 20.9. The van der Waals surface area contributed by atoms with E-state index < -0.39 is 204 Å². The Balaban J connectivity index is 0.901. The molecule has 8 rings (SSSR count). The third-order valence-electron chi connectivity index (χ3n) is 12.8. The van der Waals surface area contributed by atoms with Crippen LogP contribution in [0.25, 0.3) is 0 Å². The van der Waals surface area contributed by atoms with Gasteiger partial charge in [0.05, 0.1) is 46.2 Å². The maximum atomic E-state index is 11.5. The molecule has 8 saturated heterocycles. The monoisotopic (exact) mass is 938 g/mol. The van der Waals surface area contributed by atoms with Crippen molar-refractivity contribution in [1.29, 1.82) is 0 Å². The van der Waals surface area contributed by atoms with E-state index in [0.717, 1.165) is 0 Å². The van der Waals surface area contributed by atoms with Crippen molar-refractivity contribution in [3.8, 4) is 0 Å². The number of fused-ring (bicyclic) bond motifs is 6. The van der Waals surface area contributed by atoms with Crippen LogP contribution in [0.4, 0.5) is 0 Å². The van der Waals surface area contributed by atoms with Crippen LogP contribution >= 0.6 is 0 Å². The summed E-state index contributed by atoms with van der Waals surface area (Å²) in [5.41, 5.74) is 0. The van der Waals surface area contributed by atoms with E-state index in [1.165, 1.54) is 0 Å². The molecule has 370 valence electrons. The van der Waals surface area contributed by atoms with Gasteiger partial charge >= 0.3 is 0 Å². The highest BCUT2D eigenvalue weighted by Crippen LogP contribution is 2.40. The topological polar surface area (TPSA) is 423 Å². The van der Waals surface area contributed by atoms with Crippen molar-refractivity contribution in [2.45, 2.75) is 178 Å². The molecular weight excluding hydrogens is 880 g/mol. The molecule has 0 amide bonds. The lowest BCUT2D eigenvalue weighted by Crippen LogP contribution is -2.66. The van der Waals surface area contributed by atoms with Gasteiger partial charge < -0.3 is 138 Å². The molecule has 28 heteroatoms. The molecule has 0 aromatic rings. The molecule has 6 bridgehead atoms. The molecule has 0 aromatic carbocycles. The Morgan fingerprint density at radius 1 is 0.406 bits per heavy atom. The largest absolute Gasteiger partial charge is 0.394 e. The van der Waals surface area contributed by atoms with Gasteiger partial charge in [0.15, 0.2) is 31.5 Å². The molecule has 15 N–H and O–H groups in total. The fourth-order valence-electron chi connectivity index (χ4n) is 9.22. The lowest BCUT2D eigenvalue weighted by atomic mass is 9.96. The van der Waals surface area contributed by atoms with Crippen LogP contribution < -0.4 is 0 Å². The first-order valence-electron chi connectivity index (χ1n) is 20.9. The highest BCUT2D eigenvalue weighted by Gasteiger charge is 2.60. The summed E-state index contributed by atoms with van der Waals surface area (Å²) >= 11 is 0. The van der Waals surface area contributed by atoms with Gasteiger partial charge in [-0.3, -0.25) is 0 Å². The Kier molecular flexibility index (Phi) is 15.8. The molecule has 8 aliphatic heterocycles. The summed E-state index contributed by atoms with van der Waals surface area (Å²) in [4.78, 5) is 0. The van der Waals surface area contributed by atoms with Crippen LogP contribution in [0.3, 0.4) is 0 Å². The second kappa shape index (κ2) is 20.5. The Labute approximate surface area is 362 Å². The summed E-state index contributed by atoms with van der Waals surface area (Å²) in [7, 11) is 0. The van der Waals surface area contributed by atoms with Crippen molar-refractivity contribution >= 4 is 0 Å². The van der Waals surface area contributed by atoms with E-state index in [9.17, 15) is 76.6 Å². The van der Waals surface area contributed by atoms with Crippen LogP contribution in [0.5, 0.6) is 0 Å². The SMILES string of the molecule is OC[C@@H](O)[C@H](O)[C@H](O[C@@H]1O[C@H]2CO[C@@H]([C@@H]1O)[C@@H]2O[C@@H]1O[C@H](CO)[C@H](O)[C@H](O[C@@H]2O[C@H]3CO[C@@H]([C@@H]2O)[C@@H]3O[C@@H]2O[C@H](CO)[C@H](O)[C@H](O[C@@H]3O[C@H]4CO[C@@H]([C@@H]3O)[C@@H]4O)[C@H]2O)[C@H]1O)[C@@H](O)CO. The van der Waals surface area contributed by atoms with Gasteiger partial charge in [0, 0.05) is 0 Å². The van der Waals surface area contributed by atoms with Crippen molar-refractivity contribution in [2.24, 2.45) is 0 Å². The average Bonchev–Trinajstić information content (AvgIpc) is 3.88. The molecule has 29 atom stereocenters. The minimum Gasteiger partial charge on any atom is -0.394 e. The Bertz CT molecular complexity index is 1510. The van der Waals surface area contributed by atoms with Gasteiger partial charge in [-0.25, -0.2) is 0 Å². The van der Waals surface area contributed by atoms with Crippen molar-refractivity contribution in [1.82, 2.24) is 0 Å². The number of hydrogen-bond acceptors (Lipinski definition) is 28. The van der Waals surface area contributed by atoms with E-state index in [1.54, 1.807) is 0 Å². The molecule has 0 aliphatic carbocycles. The van der Waals surface area contributed by atoms with E-state index >= 15 is 0 Å². The lowest BCUT2D eigenvalue weighted by Gasteiger charge is -2.48. The molecule has 8 aliphatic rings. The second-order valence-electron chi connectivity index (χ2n) is 16.9. The molecule has 0 unspecified atom stereocenters. The number of hydrogen-bond donors (Lipinski definition) is 15. The molecule has 64 heavy (non-hydrogen) atoms. The number of rotatable bonds is 17. The summed E-state index contributed by atoms with van der Waals surface area (Å²) in [6.07, 6.45) is -44.0. The van der Waals surface area contributed by atoms with Crippen LogP contribution in [0.2, 0.25) is 0 Å². The Morgan fingerprint density at radius 3 is 1.28 bits per heavy atom. The Hall–Kier alpha value is -1.12. The van der Waals surface area contributed by atoms with Gasteiger partial charge in [-0.1, -0.05) is 0 Å². The summed E-state index contributed by atoms with van der Waals surface area (Å²) in [5.74, 6) is 0. The summed E-state index contributed by atoms with van der Waals surface area (Å²) in [5, 5.41) is 158. The van der Waals surface area contributed by atoms with Gasteiger partial charge in [0.1, 0.15) is 146 Å². The number of aliphatic hydroxyl groups is 15. The summed E-state index contributed by atoms with van der Waals surface area (Å²) < 4.78 is 74.7. The van der Waals surface area contributed by atoms with Crippen LogP contribution in [-0.4, -0.2) is 301 Å². The standard InChI is InChI=1S/C36H58O28/c37-1-8(41)15(43)24(9(42)2-38)60-35-22(50)30-25(13(58-35)6-53-30)61-34-21(49)29(17(45)11(4-40)56-34)64-36-23(51)31-26(14(59-36)7-54-31)62-33-20(48)28(16(44)10(3-39)55-33)63-32-19(47)27-18(46)12(57-32)5-52-27/h8-51H,1-7H2/t8-,9+,10-,11-,12+,13+,14+,15+,16+,17+,18-,19+,20-,21-,22+,23+,24-,25-,26-,27-,28+,29+,30+,31+,32+,33+,34+,35+,36+/m1/s1. The first-order chi connectivity index (χ1) is 30.6. The van der Waals surface area contributed by atoms with E-state index in [4.69, 9.17) is 61.6 Å². The van der Waals surface area contributed by atoms with Gasteiger partial charge in [-0.2, -0.15) is 0 Å². The third-order valence-corrected chi connectivity index (χ3v) is 12.8. The van der Waals surface area contributed by atoms with Crippen LogP contribution in [0.15, 0.2) is 0 Å². The average molecular weight is 939 g/mol. The number of aliphatic hydroxyl groups excluding tert-OH is 15. The molecule has 0 saturated carbocycles. The zero-order valence-electron chi connectivity index (χ0n) is 33.7. The van der Waals surface area contributed by atoms with Crippen LogP contribution in [-0.2, 0) is 61.6 Å². The normalized spacial score (nSPS) is 52.1. The lowest BCUT2D eigenvalue weighted by molar-refractivity contribution is -0.379. The van der Waals surface area contributed by atoms with E-state index in [2.05, 4.69) is 0 Å². The second-order valence-corrected chi connectivity index (χ2v) is 16.9. The maximum absolute atomic E-state index is 11.5. The molecule has 8 heterocycles. The van der Waals surface area contributed by atoms with E-state index in [1.807, 2.05) is 0 Å². The zero-order valence-corrected chi connectivity index (χ0v) is 33.7. The molecule has 8 fully saturated rings. The van der Waals surface area contributed by atoms with E-state index in [0.29, 0.717) is 0 Å². The van der Waals surface area contributed by atoms with Crippen LogP contribution in [0.1, 0.15) is 0 Å². The van der Waals surface area contributed by atoms with Crippen molar-refractivity contribution in [3.05, 3.63) is 0 Å². The number of ether oxygens (including phenoxy) is 13. The highest BCUT2D eigenvalue weighted by molar-refractivity contribution is 5.03. The minimum absolute atomic E-state index is 0.0436. The van der Waals surface area contributed by atoms with Gasteiger partial charge in [0.25, 0.3) is 0 Å². The summed E-state index contributed by atoms with van der Waals surface area (Å²) in [6.45, 7) is -3.95. The molecule has 28 nitrogen and oxygen atoms in total. The van der Waals surface area contributed by atoms with Gasteiger partial charge in [-0.15, -0.1) is 0 Å². The van der Waals surface area contributed by atoms with E-state index in [-0.39, 0.29) is 19.8 Å². The van der Waals surface area contributed by atoms with Gasteiger partial charge in [-0.05, 0) is 0 Å². The van der Waals surface area contributed by atoms with Crippen LogP contribution in [0, 0.1) is 0 Å². The maximum Gasteiger partial charge on any atom is 0.187 e. The first kappa shape index (κ1) is 49.3. The minimum atomic E-state index is -1.93. The van der Waals surface area contributed by atoms with Crippen molar-refractivity contribution in [3.63, 3.8) is 0 Å². The van der Waals surface area contributed by atoms with Crippen molar-refractivity contribution in [2.75, 3.05) is 46.2 Å². The van der Waals surface area contributed by atoms with Crippen molar-refractivity contribution < 1.29 is 138 Å². The molecule has 0 radical (unpaired) electrons. The molecular formula is C36H58O28. The third kappa shape index (κ3) is 9.22. The predicted molar refractivity (Wildman–Crippen MR) is 191 cm³/mol. The smallest absolute Gasteiger partial charge is 0.187 e. The van der Waals surface area contributed by atoms with Gasteiger partial charge in [0.2, 0.25) is 0 Å².